The van der Waals surface area contributed by atoms with Crippen molar-refractivity contribution in [2.24, 2.45) is 0 Å². The topological polar surface area (TPSA) is 69.7 Å². The number of fused-ring (bicyclic) bond motifs is 1. The van der Waals surface area contributed by atoms with Crippen molar-refractivity contribution < 1.29 is 9.66 Å². The van der Waals surface area contributed by atoms with E-state index < -0.39 is 4.92 Å². The van der Waals surface area contributed by atoms with Crippen LogP contribution in [0.15, 0.2) is 53.1 Å². The first-order valence-corrected chi connectivity index (χ1v) is 6.49. The minimum atomic E-state index is -0.506. The lowest BCUT2D eigenvalue weighted by Crippen LogP contribution is -1.95. The zero-order valence-electron chi connectivity index (χ0n) is 10.1. The van der Waals surface area contributed by atoms with Gasteiger partial charge in [-0.05, 0) is 35.3 Å². The third-order valence-electron chi connectivity index (χ3n) is 2.68. The number of benzene rings is 1. The Labute approximate surface area is 121 Å². The van der Waals surface area contributed by atoms with E-state index in [0.717, 1.165) is 4.47 Å². The molecule has 0 N–H and O–H groups in total. The fraction of sp³-hybridized carbons (Fsp3) is 0. The quantitative estimate of drug-likeness (QED) is 0.540. The fourth-order valence-corrected chi connectivity index (χ4v) is 2.07. The summed E-state index contributed by atoms with van der Waals surface area (Å²) in [5.74, 6) is 0.270. The average Bonchev–Trinajstić information content (AvgIpc) is 2.79. The van der Waals surface area contributed by atoms with Gasteiger partial charge in [0.1, 0.15) is 5.75 Å². The second kappa shape index (κ2) is 4.93. The maximum Gasteiger partial charge on any atom is 0.392 e. The van der Waals surface area contributed by atoms with Gasteiger partial charge in [0.05, 0.1) is 6.20 Å². The summed E-state index contributed by atoms with van der Waals surface area (Å²) in [6, 6.07) is 12.1. The van der Waals surface area contributed by atoms with Crippen LogP contribution in [0.4, 0.5) is 5.82 Å². The molecule has 2 aromatic heterocycles. The molecule has 0 spiro atoms. The standard InChI is InChI=1S/C13H8BrN3O3/c14-9-4-6-10(7-5-9)20-12-13(17(18)19)16-8-2-1-3-11(16)15-12/h1-8H. The predicted octanol–water partition coefficient (Wildman–Crippen LogP) is 3.80. The molecule has 2 heterocycles. The Morgan fingerprint density at radius 3 is 2.65 bits per heavy atom. The fourth-order valence-electron chi connectivity index (χ4n) is 1.81. The van der Waals surface area contributed by atoms with E-state index >= 15 is 0 Å². The van der Waals surface area contributed by atoms with E-state index in [4.69, 9.17) is 4.74 Å². The van der Waals surface area contributed by atoms with E-state index in [-0.39, 0.29) is 11.7 Å². The first-order chi connectivity index (χ1) is 9.65. The molecule has 3 aromatic rings. The number of ether oxygens (including phenoxy) is 1. The molecule has 1 aromatic carbocycles. The van der Waals surface area contributed by atoms with E-state index in [1.54, 1.807) is 48.7 Å². The Balaban J connectivity index is 2.08. The lowest BCUT2D eigenvalue weighted by molar-refractivity contribution is -0.391. The third kappa shape index (κ3) is 2.23. The highest BCUT2D eigenvalue weighted by Gasteiger charge is 2.24. The summed E-state index contributed by atoms with van der Waals surface area (Å²) in [5.41, 5.74) is 0.464. The average molecular weight is 334 g/mol. The van der Waals surface area contributed by atoms with Crippen molar-refractivity contribution in [3.8, 4) is 11.6 Å². The molecule has 6 nitrogen and oxygen atoms in total. The van der Waals surface area contributed by atoms with Gasteiger partial charge in [-0.1, -0.05) is 22.0 Å². The Bertz CT molecular complexity index is 783. The molecule has 0 aliphatic carbocycles. The minimum absolute atomic E-state index is 0.0245. The van der Waals surface area contributed by atoms with Gasteiger partial charge in [-0.3, -0.25) is 0 Å². The summed E-state index contributed by atoms with van der Waals surface area (Å²) in [6.45, 7) is 0. The molecule has 0 aliphatic rings. The summed E-state index contributed by atoms with van der Waals surface area (Å²) in [6.07, 6.45) is 1.58. The van der Waals surface area contributed by atoms with Crippen LogP contribution in [-0.4, -0.2) is 14.3 Å². The normalized spacial score (nSPS) is 10.7. The van der Waals surface area contributed by atoms with E-state index in [9.17, 15) is 10.1 Å². The number of pyridine rings is 1. The molecular formula is C13H8BrN3O3. The highest BCUT2D eigenvalue weighted by Crippen LogP contribution is 2.31. The summed E-state index contributed by atoms with van der Waals surface area (Å²) in [5, 5.41) is 11.2. The van der Waals surface area contributed by atoms with Crippen LogP contribution in [0.5, 0.6) is 11.6 Å². The summed E-state index contributed by atoms with van der Waals surface area (Å²) in [4.78, 5) is 14.8. The van der Waals surface area contributed by atoms with Gasteiger partial charge < -0.3 is 14.9 Å². The monoisotopic (exact) mass is 333 g/mol. The highest BCUT2D eigenvalue weighted by atomic mass is 79.9. The van der Waals surface area contributed by atoms with Gasteiger partial charge in [-0.25, -0.2) is 0 Å². The SMILES string of the molecule is O=[N+]([O-])c1c(Oc2ccc(Br)cc2)nc2ccccn12. The van der Waals surface area contributed by atoms with Crippen molar-refractivity contribution in [2.75, 3.05) is 0 Å². The minimum Gasteiger partial charge on any atom is -0.433 e. The van der Waals surface area contributed by atoms with Gasteiger partial charge in [-0.2, -0.15) is 9.38 Å². The molecule has 7 heteroatoms. The van der Waals surface area contributed by atoms with Crippen molar-refractivity contribution >= 4 is 27.4 Å². The van der Waals surface area contributed by atoms with Crippen molar-refractivity contribution in [1.29, 1.82) is 0 Å². The molecular weight excluding hydrogens is 326 g/mol. The zero-order chi connectivity index (χ0) is 14.1. The maximum absolute atomic E-state index is 11.2. The summed E-state index contributed by atoms with van der Waals surface area (Å²) in [7, 11) is 0. The molecule has 20 heavy (non-hydrogen) atoms. The van der Waals surface area contributed by atoms with Gasteiger partial charge in [0.2, 0.25) is 5.65 Å². The van der Waals surface area contributed by atoms with E-state index in [0.29, 0.717) is 11.4 Å². The molecule has 0 radical (unpaired) electrons. The van der Waals surface area contributed by atoms with E-state index in [1.165, 1.54) is 4.40 Å². The van der Waals surface area contributed by atoms with Gasteiger partial charge in [0.15, 0.2) is 0 Å². The number of nitro groups is 1. The Morgan fingerprint density at radius 2 is 1.95 bits per heavy atom. The number of aromatic nitrogens is 2. The molecule has 0 amide bonds. The van der Waals surface area contributed by atoms with Crippen LogP contribution >= 0.6 is 15.9 Å². The van der Waals surface area contributed by atoms with Crippen molar-refractivity contribution in [1.82, 2.24) is 9.38 Å². The molecule has 0 fully saturated rings. The van der Waals surface area contributed by atoms with Crippen LogP contribution in [0, 0.1) is 10.1 Å². The Hall–Kier alpha value is -2.41. The van der Waals surface area contributed by atoms with Crippen molar-refractivity contribution in [3.63, 3.8) is 0 Å². The van der Waals surface area contributed by atoms with Crippen LogP contribution in [0.2, 0.25) is 0 Å². The predicted molar refractivity (Wildman–Crippen MR) is 76.1 cm³/mol. The number of imidazole rings is 1. The van der Waals surface area contributed by atoms with Crippen molar-refractivity contribution in [2.45, 2.75) is 0 Å². The number of rotatable bonds is 3. The number of hydrogen-bond acceptors (Lipinski definition) is 4. The zero-order valence-corrected chi connectivity index (χ0v) is 11.6. The first-order valence-electron chi connectivity index (χ1n) is 5.70. The van der Waals surface area contributed by atoms with Gasteiger partial charge in [0, 0.05) is 10.5 Å². The van der Waals surface area contributed by atoms with Crippen molar-refractivity contribution in [3.05, 3.63) is 63.2 Å². The van der Waals surface area contributed by atoms with Crippen LogP contribution in [0.25, 0.3) is 5.65 Å². The lowest BCUT2D eigenvalue weighted by atomic mass is 10.3. The molecule has 0 saturated carbocycles. The number of nitrogens with zero attached hydrogens (tertiary/aromatic N) is 3. The molecule has 0 unspecified atom stereocenters. The van der Waals surface area contributed by atoms with Gasteiger partial charge in [0.25, 0.3) is 0 Å². The smallest absolute Gasteiger partial charge is 0.392 e. The summed E-state index contributed by atoms with van der Waals surface area (Å²) < 4.78 is 7.80. The Morgan fingerprint density at radius 1 is 1.20 bits per heavy atom. The molecule has 0 saturated heterocycles. The van der Waals surface area contributed by atoms with E-state index in [1.807, 2.05) is 0 Å². The molecule has 0 aliphatic heterocycles. The summed E-state index contributed by atoms with van der Waals surface area (Å²) >= 11 is 3.31. The number of hydrogen-bond donors (Lipinski definition) is 0. The van der Waals surface area contributed by atoms with Crippen LogP contribution < -0.4 is 4.74 Å². The lowest BCUT2D eigenvalue weighted by Gasteiger charge is -2.02. The Kier molecular flexibility index (Phi) is 3.11. The molecule has 0 atom stereocenters. The van der Waals surface area contributed by atoms with Crippen LogP contribution in [-0.2, 0) is 0 Å². The maximum atomic E-state index is 11.2. The van der Waals surface area contributed by atoms with Gasteiger partial charge >= 0.3 is 11.7 Å². The first kappa shape index (κ1) is 12.6. The largest absolute Gasteiger partial charge is 0.433 e. The number of halogens is 1. The highest BCUT2D eigenvalue weighted by molar-refractivity contribution is 9.10. The second-order valence-corrected chi connectivity index (χ2v) is 4.90. The third-order valence-corrected chi connectivity index (χ3v) is 3.20. The van der Waals surface area contributed by atoms with Gasteiger partial charge in [-0.15, -0.1) is 0 Å². The van der Waals surface area contributed by atoms with Crippen LogP contribution in [0.1, 0.15) is 0 Å². The van der Waals surface area contributed by atoms with E-state index in [2.05, 4.69) is 20.9 Å². The second-order valence-electron chi connectivity index (χ2n) is 3.98. The molecule has 0 bridgehead atoms. The van der Waals surface area contributed by atoms with Crippen LogP contribution in [0.3, 0.4) is 0 Å². The molecule has 3 rings (SSSR count). The molecule has 100 valence electrons.